The fourth-order valence-corrected chi connectivity index (χ4v) is 3.73. The van der Waals surface area contributed by atoms with Gasteiger partial charge < -0.3 is 19.8 Å². The van der Waals surface area contributed by atoms with Crippen molar-refractivity contribution in [3.05, 3.63) is 38.4 Å². The van der Waals surface area contributed by atoms with Crippen LogP contribution in [0, 0.1) is 37.0 Å². The molecule has 12 heteroatoms. The van der Waals surface area contributed by atoms with Gasteiger partial charge in [0.2, 0.25) is 0 Å². The molecule has 0 heterocycles. The molecule has 0 spiro atoms. The van der Waals surface area contributed by atoms with Crippen LogP contribution in [0.3, 0.4) is 0 Å². The highest BCUT2D eigenvalue weighted by atomic mass is 16.6. The van der Waals surface area contributed by atoms with Gasteiger partial charge >= 0.3 is 5.69 Å². The highest BCUT2D eigenvalue weighted by Gasteiger charge is 2.55. The Hall–Kier alpha value is -3.57. The van der Waals surface area contributed by atoms with E-state index in [1.54, 1.807) is 13.8 Å². The number of rotatable bonds is 7. The second-order valence-corrected chi connectivity index (χ2v) is 7.54. The highest BCUT2D eigenvalue weighted by Crippen LogP contribution is 2.56. The Morgan fingerprint density at radius 2 is 1.76 bits per heavy atom. The number of hydrogen-bond acceptors (Lipinski definition) is 10. The molecule has 1 aliphatic carbocycles. The lowest BCUT2D eigenvalue weighted by Crippen LogP contribution is -2.51. The molecule has 0 unspecified atom stereocenters. The zero-order chi connectivity index (χ0) is 22.1. The van der Waals surface area contributed by atoms with Gasteiger partial charge in [0.15, 0.2) is 0 Å². The van der Waals surface area contributed by atoms with Crippen LogP contribution in [0.1, 0.15) is 33.6 Å². The summed E-state index contributed by atoms with van der Waals surface area (Å²) in [6.07, 6.45) is 0.325. The first-order valence-corrected chi connectivity index (χ1v) is 8.52. The largest absolute Gasteiger partial charge is 0.550 e. The maximum atomic E-state index is 11.8. The van der Waals surface area contributed by atoms with Crippen molar-refractivity contribution < 1.29 is 29.6 Å². The van der Waals surface area contributed by atoms with Crippen molar-refractivity contribution in [1.29, 1.82) is 0 Å². The fraction of sp³-hybridized carbons (Fsp3) is 0.471. The van der Waals surface area contributed by atoms with Gasteiger partial charge in [-0.2, -0.15) is 5.10 Å². The molecule has 1 fully saturated rings. The Kier molecular flexibility index (Phi) is 5.58. The van der Waals surface area contributed by atoms with Gasteiger partial charge in [0.05, 0.1) is 27.6 Å². The summed E-state index contributed by atoms with van der Waals surface area (Å²) in [5, 5.41) is 49.0. The second-order valence-electron chi connectivity index (χ2n) is 7.54. The van der Waals surface area contributed by atoms with Crippen molar-refractivity contribution in [2.24, 2.45) is 21.8 Å². The van der Waals surface area contributed by atoms with Crippen LogP contribution >= 0.6 is 0 Å². The van der Waals surface area contributed by atoms with Crippen molar-refractivity contribution in [1.82, 2.24) is 0 Å². The van der Waals surface area contributed by atoms with E-state index in [1.807, 2.05) is 0 Å². The van der Waals surface area contributed by atoms with E-state index >= 15 is 0 Å². The number of carboxylic acid groups (broad SMARTS) is 2. The molecule has 1 N–H and O–H groups in total. The third kappa shape index (κ3) is 3.73. The van der Waals surface area contributed by atoms with Gasteiger partial charge in [0, 0.05) is 23.4 Å². The average molecular weight is 406 g/mol. The average Bonchev–Trinajstić information content (AvgIpc) is 2.84. The Morgan fingerprint density at radius 3 is 2.21 bits per heavy atom. The number of carbonyl (C=O) groups is 2. The normalized spacial score (nSPS) is 23.4. The van der Waals surface area contributed by atoms with E-state index < -0.39 is 55.6 Å². The highest BCUT2D eigenvalue weighted by molar-refractivity contribution is 6.37. The van der Waals surface area contributed by atoms with Gasteiger partial charge in [-0.05, 0) is 24.3 Å². The number of carbonyl (C=O) groups excluding carboxylic acids is 2. The molecule has 0 aliphatic heterocycles. The summed E-state index contributed by atoms with van der Waals surface area (Å²) in [6.45, 7) is 4.68. The summed E-state index contributed by atoms with van der Waals surface area (Å²) in [6, 6.07) is 2.74. The Labute approximate surface area is 164 Å². The first kappa shape index (κ1) is 21.7. The van der Waals surface area contributed by atoms with E-state index in [0.717, 1.165) is 12.1 Å². The molecule has 12 nitrogen and oxygen atoms in total. The number of nitro benzene ring substituents is 2. The minimum Gasteiger partial charge on any atom is -0.550 e. The number of benzene rings is 1. The molecule has 0 radical (unpaired) electrons. The van der Waals surface area contributed by atoms with E-state index in [0.29, 0.717) is 6.07 Å². The topological polar surface area (TPSA) is 191 Å². The first-order chi connectivity index (χ1) is 13.3. The molecule has 1 aromatic carbocycles. The van der Waals surface area contributed by atoms with Crippen LogP contribution in [0.25, 0.3) is 0 Å². The van der Waals surface area contributed by atoms with Gasteiger partial charge in [-0.15, -0.1) is 0 Å². The lowest BCUT2D eigenvalue weighted by molar-refractivity contribution is -0.393. The summed E-state index contributed by atoms with van der Waals surface area (Å²) in [7, 11) is 0. The molecular weight excluding hydrogens is 388 g/mol. The number of nitrogens with one attached hydrogen (secondary N) is 1. The van der Waals surface area contributed by atoms with Gasteiger partial charge in [0.25, 0.3) is 5.69 Å². The number of hydrazone groups is 1. The summed E-state index contributed by atoms with van der Waals surface area (Å²) < 4.78 is 0. The Bertz CT molecular complexity index is 926. The number of anilines is 1. The molecule has 1 aliphatic rings. The molecule has 0 saturated heterocycles. The summed E-state index contributed by atoms with van der Waals surface area (Å²) in [4.78, 5) is 43.5. The van der Waals surface area contributed by atoms with Crippen LogP contribution in [-0.4, -0.2) is 27.5 Å². The fourth-order valence-electron chi connectivity index (χ4n) is 3.73. The van der Waals surface area contributed by atoms with Crippen molar-refractivity contribution >= 4 is 34.7 Å². The summed E-state index contributed by atoms with van der Waals surface area (Å²) in [5.41, 5.74) is -2.01. The van der Waals surface area contributed by atoms with Crippen LogP contribution in [0.15, 0.2) is 23.3 Å². The second kappa shape index (κ2) is 7.45. The molecule has 1 aromatic rings. The molecule has 156 valence electrons. The molecular formula is C17H18N4O8-2. The molecule has 0 bridgehead atoms. The monoisotopic (exact) mass is 406 g/mol. The van der Waals surface area contributed by atoms with Crippen molar-refractivity contribution in [3.8, 4) is 0 Å². The molecule has 0 aromatic heterocycles. The Balaban J connectivity index is 2.48. The number of non-ortho nitro benzene ring substituents is 1. The van der Waals surface area contributed by atoms with E-state index in [2.05, 4.69) is 10.5 Å². The number of aliphatic carboxylic acids is 2. The number of carboxylic acids is 2. The number of nitrogens with zero attached hydrogens (tertiary/aromatic N) is 3. The van der Waals surface area contributed by atoms with Gasteiger partial charge in [-0.1, -0.05) is 20.8 Å². The van der Waals surface area contributed by atoms with Crippen LogP contribution in [0.2, 0.25) is 0 Å². The standard InChI is InChI=1S/C17H20N4O8/c1-16(2)10(14(22)23)6-7-17(16,3)13(15(24)25)19-18-11-5-4-9(20(26)27)8-12(11)21(28)29/h4-5,8,10,18H,6-7H2,1-3H3,(H,22,23)(H,24,25)/p-2/t10-,17+/m1/s1. The minimum atomic E-state index is -1.67. The first-order valence-electron chi connectivity index (χ1n) is 8.52. The molecule has 29 heavy (non-hydrogen) atoms. The van der Waals surface area contributed by atoms with Gasteiger partial charge in [-0.3, -0.25) is 25.7 Å². The zero-order valence-corrected chi connectivity index (χ0v) is 15.8. The van der Waals surface area contributed by atoms with E-state index in [4.69, 9.17) is 0 Å². The quantitative estimate of drug-likeness (QED) is 0.374. The predicted octanol–water partition coefficient (Wildman–Crippen LogP) is 0.213. The van der Waals surface area contributed by atoms with E-state index in [1.165, 1.54) is 6.92 Å². The van der Waals surface area contributed by atoms with E-state index in [9.17, 15) is 40.0 Å². The van der Waals surface area contributed by atoms with Crippen LogP contribution < -0.4 is 15.6 Å². The third-order valence-corrected chi connectivity index (χ3v) is 5.90. The van der Waals surface area contributed by atoms with Crippen LogP contribution in [0.4, 0.5) is 17.1 Å². The lowest BCUT2D eigenvalue weighted by Gasteiger charge is -2.43. The van der Waals surface area contributed by atoms with Crippen LogP contribution in [0.5, 0.6) is 0 Å². The predicted molar refractivity (Wildman–Crippen MR) is 95.4 cm³/mol. The van der Waals surface area contributed by atoms with Crippen molar-refractivity contribution in [2.45, 2.75) is 33.6 Å². The maximum Gasteiger partial charge on any atom is 0.301 e. The van der Waals surface area contributed by atoms with Crippen molar-refractivity contribution in [2.75, 3.05) is 5.43 Å². The van der Waals surface area contributed by atoms with Gasteiger partial charge in [-0.25, -0.2) is 0 Å². The molecule has 2 atom stereocenters. The number of hydrogen-bond donors (Lipinski definition) is 1. The van der Waals surface area contributed by atoms with Crippen LogP contribution in [-0.2, 0) is 9.59 Å². The van der Waals surface area contributed by atoms with Crippen molar-refractivity contribution in [3.63, 3.8) is 0 Å². The molecule has 0 amide bonds. The molecule has 1 saturated carbocycles. The summed E-state index contributed by atoms with van der Waals surface area (Å²) in [5.74, 6) is -3.90. The maximum absolute atomic E-state index is 11.8. The molecule has 2 rings (SSSR count). The Morgan fingerprint density at radius 1 is 1.14 bits per heavy atom. The zero-order valence-electron chi connectivity index (χ0n) is 15.8. The minimum absolute atomic E-state index is 0.162. The summed E-state index contributed by atoms with van der Waals surface area (Å²) >= 11 is 0. The van der Waals surface area contributed by atoms with E-state index in [-0.39, 0.29) is 18.5 Å². The third-order valence-electron chi connectivity index (χ3n) is 5.90. The number of nitro groups is 2. The SMILES string of the molecule is CC1(C)[C@@H](C(=O)[O-])CC[C@@]1(C)C(=NNc1ccc([N+](=O)[O-])cc1[N+](=O)[O-])C(=O)[O-]. The lowest BCUT2D eigenvalue weighted by atomic mass is 9.63. The smallest absolute Gasteiger partial charge is 0.301 e. The van der Waals surface area contributed by atoms with Gasteiger partial charge in [0.1, 0.15) is 5.69 Å².